The summed E-state index contributed by atoms with van der Waals surface area (Å²) in [4.78, 5) is 28.9. The third-order valence-corrected chi connectivity index (χ3v) is 8.25. The minimum Gasteiger partial charge on any atom is -0.493 e. The quantitative estimate of drug-likeness (QED) is 0.421. The summed E-state index contributed by atoms with van der Waals surface area (Å²) in [5, 5.41) is 3.15. The minimum atomic E-state index is -3.86. The number of methoxy groups -OCH3 is 2. The van der Waals surface area contributed by atoms with E-state index in [2.05, 4.69) is 5.32 Å². The fraction of sp³-hybridized carbons (Fsp3) is 0.517. The highest BCUT2D eigenvalue weighted by molar-refractivity contribution is 7.92. The molecule has 0 bridgehead atoms. The highest BCUT2D eigenvalue weighted by atomic mass is 32.2. The maximum absolute atomic E-state index is 13.9. The normalized spacial score (nSPS) is 14.8. The van der Waals surface area contributed by atoms with E-state index in [-0.39, 0.29) is 24.2 Å². The zero-order valence-electron chi connectivity index (χ0n) is 23.6. The van der Waals surface area contributed by atoms with Gasteiger partial charge >= 0.3 is 0 Å². The van der Waals surface area contributed by atoms with Gasteiger partial charge in [-0.2, -0.15) is 0 Å². The van der Waals surface area contributed by atoms with Gasteiger partial charge in [-0.1, -0.05) is 56.0 Å². The number of rotatable bonds is 12. The predicted molar refractivity (Wildman–Crippen MR) is 153 cm³/mol. The number of aryl methyl sites for hydroxylation is 1. The van der Waals surface area contributed by atoms with Crippen LogP contribution in [0, 0.1) is 6.92 Å². The Labute approximate surface area is 232 Å². The maximum Gasteiger partial charge on any atom is 0.244 e. The first-order valence-electron chi connectivity index (χ1n) is 13.4. The summed E-state index contributed by atoms with van der Waals surface area (Å²) in [7, 11) is -0.913. The Morgan fingerprint density at radius 2 is 1.72 bits per heavy atom. The van der Waals surface area contributed by atoms with E-state index in [1.54, 1.807) is 12.1 Å². The van der Waals surface area contributed by atoms with Gasteiger partial charge in [0.1, 0.15) is 12.6 Å². The van der Waals surface area contributed by atoms with Crippen molar-refractivity contribution in [2.45, 2.75) is 71.0 Å². The van der Waals surface area contributed by atoms with Crippen LogP contribution in [0.1, 0.15) is 56.6 Å². The summed E-state index contributed by atoms with van der Waals surface area (Å²) in [6, 6.07) is 11.8. The zero-order chi connectivity index (χ0) is 28.6. The molecular formula is C29H41N3O6S. The molecule has 1 saturated carbocycles. The van der Waals surface area contributed by atoms with Gasteiger partial charge in [-0.05, 0) is 43.9 Å². The Morgan fingerprint density at radius 3 is 2.31 bits per heavy atom. The molecule has 2 amide bonds. The fourth-order valence-corrected chi connectivity index (χ4v) is 5.91. The third-order valence-electron chi connectivity index (χ3n) is 7.11. The molecule has 0 aliphatic heterocycles. The lowest BCUT2D eigenvalue weighted by molar-refractivity contribution is -0.140. The first kappa shape index (κ1) is 30.3. The smallest absolute Gasteiger partial charge is 0.244 e. The average Bonchev–Trinajstić information content (AvgIpc) is 2.91. The van der Waals surface area contributed by atoms with Crippen LogP contribution in [0.25, 0.3) is 0 Å². The number of carbonyl (C=O) groups excluding carboxylic acids is 2. The van der Waals surface area contributed by atoms with Crippen molar-refractivity contribution in [3.8, 4) is 11.5 Å². The van der Waals surface area contributed by atoms with Crippen LogP contribution in [0.2, 0.25) is 0 Å². The molecule has 3 rings (SSSR count). The molecule has 1 N–H and O–H groups in total. The van der Waals surface area contributed by atoms with E-state index in [9.17, 15) is 18.0 Å². The largest absolute Gasteiger partial charge is 0.493 e. The molecule has 1 fully saturated rings. The van der Waals surface area contributed by atoms with Crippen molar-refractivity contribution in [3.05, 3.63) is 53.6 Å². The van der Waals surface area contributed by atoms with Crippen LogP contribution >= 0.6 is 0 Å². The van der Waals surface area contributed by atoms with Crippen LogP contribution in [0.15, 0.2) is 42.5 Å². The van der Waals surface area contributed by atoms with Crippen LogP contribution in [0.3, 0.4) is 0 Å². The molecule has 0 spiro atoms. The molecule has 0 saturated heterocycles. The van der Waals surface area contributed by atoms with Gasteiger partial charge in [-0.15, -0.1) is 0 Å². The number of carbonyl (C=O) groups is 2. The molecule has 10 heteroatoms. The molecule has 0 aromatic heterocycles. The molecule has 2 aromatic carbocycles. The highest BCUT2D eigenvalue weighted by Crippen LogP contribution is 2.32. The van der Waals surface area contributed by atoms with Gasteiger partial charge < -0.3 is 19.7 Å². The van der Waals surface area contributed by atoms with E-state index >= 15 is 0 Å². The van der Waals surface area contributed by atoms with Gasteiger partial charge in [0.2, 0.25) is 21.8 Å². The predicted octanol–water partition coefficient (Wildman–Crippen LogP) is 4.03. The Hall–Kier alpha value is -3.27. The number of anilines is 1. The van der Waals surface area contributed by atoms with Crippen molar-refractivity contribution in [1.82, 2.24) is 10.2 Å². The summed E-state index contributed by atoms with van der Waals surface area (Å²) in [6.45, 7) is 3.55. The van der Waals surface area contributed by atoms with Crippen molar-refractivity contribution in [3.63, 3.8) is 0 Å². The average molecular weight is 560 g/mol. The molecule has 1 atom stereocenters. The Kier molecular flexibility index (Phi) is 10.6. The molecule has 39 heavy (non-hydrogen) atoms. The topological polar surface area (TPSA) is 105 Å². The SMILES string of the molecule is CCC(C(=O)NC1CCCCC1)N(Cc1cccc(C)c1)C(=O)CN(c1ccc(OC)c(OC)c1)S(C)(=O)=O. The molecule has 9 nitrogen and oxygen atoms in total. The number of nitrogens with zero attached hydrogens (tertiary/aromatic N) is 2. The van der Waals surface area contributed by atoms with E-state index in [0.717, 1.165) is 47.4 Å². The summed E-state index contributed by atoms with van der Waals surface area (Å²) in [5.74, 6) is 0.100. The number of hydrogen-bond acceptors (Lipinski definition) is 6. The van der Waals surface area contributed by atoms with E-state index < -0.39 is 28.5 Å². The van der Waals surface area contributed by atoms with Crippen LogP contribution in [-0.4, -0.2) is 64.2 Å². The molecule has 1 unspecified atom stereocenters. The molecular weight excluding hydrogens is 518 g/mol. The number of sulfonamides is 1. The van der Waals surface area contributed by atoms with Crippen molar-refractivity contribution < 1.29 is 27.5 Å². The molecule has 1 aliphatic rings. The standard InChI is InChI=1S/C29H41N3O6S/c1-6-25(29(34)30-23-13-8-7-9-14-23)31(19-22-12-10-11-21(2)17-22)28(33)20-32(39(5,35)36)24-15-16-26(37-3)27(18-24)38-4/h10-12,15-18,23,25H,6-9,13-14,19-20H2,1-5H3,(H,30,34). The van der Waals surface area contributed by atoms with Crippen molar-refractivity contribution in [1.29, 1.82) is 0 Å². The first-order valence-corrected chi connectivity index (χ1v) is 15.3. The first-order chi connectivity index (χ1) is 18.6. The molecule has 2 aromatic rings. The van der Waals surface area contributed by atoms with Gasteiger partial charge in [-0.3, -0.25) is 13.9 Å². The van der Waals surface area contributed by atoms with Gasteiger partial charge in [0.05, 0.1) is 26.2 Å². The Bertz CT molecular complexity index is 1240. The van der Waals surface area contributed by atoms with Gasteiger partial charge in [0.15, 0.2) is 11.5 Å². The summed E-state index contributed by atoms with van der Waals surface area (Å²) in [5.41, 5.74) is 2.16. The monoisotopic (exact) mass is 559 g/mol. The lowest BCUT2D eigenvalue weighted by Gasteiger charge is -2.34. The van der Waals surface area contributed by atoms with E-state index in [1.807, 2.05) is 38.1 Å². The van der Waals surface area contributed by atoms with Crippen LogP contribution in [-0.2, 0) is 26.2 Å². The van der Waals surface area contributed by atoms with E-state index in [0.29, 0.717) is 17.9 Å². The highest BCUT2D eigenvalue weighted by Gasteiger charge is 2.33. The third kappa shape index (κ3) is 8.11. The lowest BCUT2D eigenvalue weighted by atomic mass is 9.95. The summed E-state index contributed by atoms with van der Waals surface area (Å²) in [6.07, 6.45) is 6.61. The fourth-order valence-electron chi connectivity index (χ4n) is 5.06. The van der Waals surface area contributed by atoms with Gasteiger partial charge in [-0.25, -0.2) is 8.42 Å². The second kappa shape index (κ2) is 13.7. The summed E-state index contributed by atoms with van der Waals surface area (Å²) >= 11 is 0. The van der Waals surface area contributed by atoms with Gasteiger partial charge in [0, 0.05) is 18.7 Å². The second-order valence-electron chi connectivity index (χ2n) is 10.1. The zero-order valence-corrected chi connectivity index (χ0v) is 24.4. The van der Waals surface area contributed by atoms with Crippen molar-refractivity contribution in [2.75, 3.05) is 31.3 Å². The Balaban J connectivity index is 1.94. The van der Waals surface area contributed by atoms with Crippen molar-refractivity contribution in [2.24, 2.45) is 0 Å². The van der Waals surface area contributed by atoms with E-state index in [4.69, 9.17) is 9.47 Å². The number of ether oxygens (including phenoxy) is 2. The van der Waals surface area contributed by atoms with Crippen LogP contribution < -0.4 is 19.1 Å². The molecule has 1 aliphatic carbocycles. The number of nitrogens with one attached hydrogen (secondary N) is 1. The van der Waals surface area contributed by atoms with Crippen LogP contribution in [0.4, 0.5) is 5.69 Å². The van der Waals surface area contributed by atoms with Gasteiger partial charge in [0.25, 0.3) is 0 Å². The molecule has 214 valence electrons. The number of hydrogen-bond donors (Lipinski definition) is 1. The van der Waals surface area contributed by atoms with Crippen molar-refractivity contribution >= 4 is 27.5 Å². The Morgan fingerprint density at radius 1 is 1.03 bits per heavy atom. The lowest BCUT2D eigenvalue weighted by Crippen LogP contribution is -2.53. The molecule has 0 heterocycles. The van der Waals surface area contributed by atoms with E-state index in [1.165, 1.54) is 31.6 Å². The second-order valence-corrected chi connectivity index (χ2v) is 12.0. The molecule has 0 radical (unpaired) electrons. The summed E-state index contributed by atoms with van der Waals surface area (Å²) < 4.78 is 37.4. The number of amides is 2. The minimum absolute atomic E-state index is 0.0931. The maximum atomic E-state index is 13.9. The number of benzene rings is 2. The van der Waals surface area contributed by atoms with Crippen LogP contribution in [0.5, 0.6) is 11.5 Å².